The molecule has 0 aromatic heterocycles. The van der Waals surface area contributed by atoms with Crippen LogP contribution < -0.4 is 5.32 Å². The number of piperidine rings is 1. The normalized spacial score (nSPS) is 19.3. The first-order valence-electron chi connectivity index (χ1n) is 9.08. The summed E-state index contributed by atoms with van der Waals surface area (Å²) >= 11 is 12.2. The molecule has 1 aliphatic heterocycles. The highest BCUT2D eigenvalue weighted by molar-refractivity contribution is 6.42. The summed E-state index contributed by atoms with van der Waals surface area (Å²) in [6.07, 6.45) is 2.23. The second kappa shape index (κ2) is 12.8. The van der Waals surface area contributed by atoms with Crippen molar-refractivity contribution in [3.8, 4) is 0 Å². The summed E-state index contributed by atoms with van der Waals surface area (Å²) in [7, 11) is 0. The smallest absolute Gasteiger partial charge is 0.328 e. The number of nitrogens with one attached hydrogen (secondary N) is 1. The van der Waals surface area contributed by atoms with Crippen molar-refractivity contribution >= 4 is 35.1 Å². The lowest BCUT2D eigenvalue weighted by molar-refractivity contribution is -0.134. The lowest BCUT2D eigenvalue weighted by Gasteiger charge is -2.32. The minimum absolute atomic E-state index is 0.498. The maximum Gasteiger partial charge on any atom is 0.328 e. The first kappa shape index (κ1) is 24.4. The zero-order valence-corrected chi connectivity index (χ0v) is 17.5. The molecule has 6 nitrogen and oxygen atoms in total. The predicted octanol–water partition coefficient (Wildman–Crippen LogP) is 4.07. The van der Waals surface area contributed by atoms with Crippen LogP contribution in [0.5, 0.6) is 0 Å². The van der Waals surface area contributed by atoms with E-state index >= 15 is 0 Å². The lowest BCUT2D eigenvalue weighted by Crippen LogP contribution is -2.38. The van der Waals surface area contributed by atoms with Crippen LogP contribution in [0.3, 0.4) is 0 Å². The van der Waals surface area contributed by atoms with Crippen LogP contribution in [0.4, 0.5) is 0 Å². The Hall–Kier alpha value is -1.60. The number of benzene rings is 1. The van der Waals surface area contributed by atoms with Gasteiger partial charge in [-0.15, -0.1) is 0 Å². The number of hydrogen-bond donors (Lipinski definition) is 3. The van der Waals surface area contributed by atoms with Gasteiger partial charge in [0.1, 0.15) is 0 Å². The molecule has 156 valence electrons. The van der Waals surface area contributed by atoms with Crippen molar-refractivity contribution in [1.82, 2.24) is 5.32 Å². The monoisotopic (exact) mass is 431 g/mol. The van der Waals surface area contributed by atoms with Gasteiger partial charge in [-0.25, -0.2) is 9.59 Å². The molecule has 1 aliphatic rings. The van der Waals surface area contributed by atoms with Crippen LogP contribution in [-0.2, 0) is 14.3 Å². The number of ether oxygens (including phenoxy) is 1. The Bertz CT molecular complexity index is 663. The van der Waals surface area contributed by atoms with E-state index in [4.69, 9.17) is 38.2 Å². The van der Waals surface area contributed by atoms with Gasteiger partial charge in [0.15, 0.2) is 0 Å². The van der Waals surface area contributed by atoms with Gasteiger partial charge in [0.2, 0.25) is 0 Å². The van der Waals surface area contributed by atoms with E-state index in [1.165, 1.54) is 5.56 Å². The van der Waals surface area contributed by atoms with Crippen molar-refractivity contribution in [1.29, 1.82) is 0 Å². The summed E-state index contributed by atoms with van der Waals surface area (Å²) in [4.78, 5) is 19.1. The average molecular weight is 432 g/mol. The number of carboxylic acids is 2. The Balaban J connectivity index is 0.000000416. The van der Waals surface area contributed by atoms with Crippen molar-refractivity contribution in [2.75, 3.05) is 26.3 Å². The summed E-state index contributed by atoms with van der Waals surface area (Å²) in [5.74, 6) is -0.937. The molecule has 1 saturated heterocycles. The largest absolute Gasteiger partial charge is 0.478 e. The first-order valence-corrected chi connectivity index (χ1v) is 9.83. The molecule has 1 aromatic carbocycles. The third-order valence-corrected chi connectivity index (χ3v) is 4.87. The molecule has 0 saturated carbocycles. The van der Waals surface area contributed by atoms with E-state index in [1.807, 2.05) is 12.1 Å². The van der Waals surface area contributed by atoms with E-state index in [-0.39, 0.29) is 0 Å². The van der Waals surface area contributed by atoms with Crippen molar-refractivity contribution in [3.63, 3.8) is 0 Å². The maximum absolute atomic E-state index is 9.55. The van der Waals surface area contributed by atoms with Crippen LogP contribution in [0.2, 0.25) is 10.0 Å². The average Bonchev–Trinajstić information content (AvgIpc) is 2.63. The molecule has 0 spiro atoms. The number of hydrogen-bond acceptors (Lipinski definition) is 4. The maximum atomic E-state index is 9.55. The van der Waals surface area contributed by atoms with Crippen molar-refractivity contribution in [3.05, 3.63) is 46.0 Å². The fourth-order valence-electron chi connectivity index (χ4n) is 2.88. The molecule has 8 heteroatoms. The fraction of sp³-hybridized carbons (Fsp3) is 0.500. The Labute approximate surface area is 175 Å². The van der Waals surface area contributed by atoms with E-state index < -0.39 is 11.9 Å². The highest BCUT2D eigenvalue weighted by Gasteiger charge is 2.27. The molecule has 0 amide bonds. The molecule has 28 heavy (non-hydrogen) atoms. The molecular weight excluding hydrogens is 405 g/mol. The minimum atomic E-state index is -1.26. The molecule has 1 fully saturated rings. The topological polar surface area (TPSA) is 95.9 Å². The number of rotatable bonds is 7. The molecule has 1 heterocycles. The molecular formula is C20H27Cl2NO5. The van der Waals surface area contributed by atoms with Crippen LogP contribution in [0, 0.1) is 11.8 Å². The van der Waals surface area contributed by atoms with Gasteiger partial charge in [-0.3, -0.25) is 0 Å². The van der Waals surface area contributed by atoms with Crippen LogP contribution in [0.25, 0.3) is 0 Å². The Morgan fingerprint density at radius 1 is 1.21 bits per heavy atom. The highest BCUT2D eigenvalue weighted by atomic mass is 35.5. The Kier molecular flexibility index (Phi) is 11.2. The zero-order valence-electron chi connectivity index (χ0n) is 16.0. The van der Waals surface area contributed by atoms with Crippen molar-refractivity contribution in [2.24, 2.45) is 11.8 Å². The second-order valence-corrected chi connectivity index (χ2v) is 7.79. The van der Waals surface area contributed by atoms with E-state index in [0.29, 0.717) is 40.0 Å². The number of halogens is 2. The summed E-state index contributed by atoms with van der Waals surface area (Å²) in [6.45, 7) is 8.03. The van der Waals surface area contributed by atoms with Gasteiger partial charge in [0.05, 0.1) is 16.7 Å². The molecule has 2 atom stereocenters. The van der Waals surface area contributed by atoms with E-state index in [1.54, 1.807) is 0 Å². The van der Waals surface area contributed by atoms with Crippen LogP contribution in [-0.4, -0.2) is 48.5 Å². The molecule has 0 bridgehead atoms. The van der Waals surface area contributed by atoms with E-state index in [0.717, 1.165) is 32.7 Å². The summed E-state index contributed by atoms with van der Waals surface area (Å²) < 4.78 is 5.84. The molecule has 2 rings (SSSR count). The van der Waals surface area contributed by atoms with Gasteiger partial charge >= 0.3 is 11.9 Å². The van der Waals surface area contributed by atoms with E-state index in [9.17, 15) is 9.59 Å². The lowest BCUT2D eigenvalue weighted by atomic mass is 9.81. The van der Waals surface area contributed by atoms with Crippen LogP contribution in [0.1, 0.15) is 31.7 Å². The third-order valence-electron chi connectivity index (χ3n) is 4.13. The van der Waals surface area contributed by atoms with Gasteiger partial charge in [-0.05, 0) is 42.5 Å². The quantitative estimate of drug-likeness (QED) is 0.563. The molecule has 0 unspecified atom stereocenters. The second-order valence-electron chi connectivity index (χ2n) is 6.97. The molecule has 3 N–H and O–H groups in total. The number of carboxylic acid groups (broad SMARTS) is 2. The third kappa shape index (κ3) is 9.55. The van der Waals surface area contributed by atoms with Crippen LogP contribution >= 0.6 is 23.2 Å². The minimum Gasteiger partial charge on any atom is -0.478 e. The Morgan fingerprint density at radius 3 is 2.39 bits per heavy atom. The molecule has 0 aliphatic carbocycles. The van der Waals surface area contributed by atoms with Crippen LogP contribution in [0.15, 0.2) is 30.4 Å². The van der Waals surface area contributed by atoms with Crippen molar-refractivity contribution in [2.45, 2.75) is 26.2 Å². The summed E-state index contributed by atoms with van der Waals surface area (Å²) in [5.41, 5.74) is 1.28. The predicted molar refractivity (Wildman–Crippen MR) is 110 cm³/mol. The highest BCUT2D eigenvalue weighted by Crippen LogP contribution is 2.34. The van der Waals surface area contributed by atoms with Gasteiger partial charge in [0.25, 0.3) is 0 Å². The van der Waals surface area contributed by atoms with Crippen molar-refractivity contribution < 1.29 is 24.5 Å². The van der Waals surface area contributed by atoms with E-state index in [2.05, 4.69) is 25.2 Å². The molecule has 1 aromatic rings. The number of carbonyl (C=O) groups is 2. The SMILES string of the molecule is CC(C)COC[C@@H]1CNCC[C@H]1c1ccc(Cl)c(Cl)c1.O=C(O)/C=C/C(=O)O. The summed E-state index contributed by atoms with van der Waals surface area (Å²) in [6, 6.07) is 6.00. The van der Waals surface area contributed by atoms with Gasteiger partial charge in [0, 0.05) is 31.2 Å². The van der Waals surface area contributed by atoms with Gasteiger partial charge in [-0.1, -0.05) is 43.1 Å². The fourth-order valence-corrected chi connectivity index (χ4v) is 3.18. The summed E-state index contributed by atoms with van der Waals surface area (Å²) in [5, 5.41) is 20.3. The number of aliphatic carboxylic acids is 2. The molecule has 0 radical (unpaired) electrons. The Morgan fingerprint density at radius 2 is 1.86 bits per heavy atom. The standard InChI is InChI=1S/C16H23Cl2NO.C4H4O4/c1-11(2)9-20-10-13-8-19-6-5-14(13)12-3-4-15(17)16(18)7-12;5-3(6)1-2-4(7)8/h3-4,7,11,13-14,19H,5-6,8-10H2,1-2H3;1-2H,(H,5,6)(H,7,8)/b;2-1+/t13-,14-;/m0./s1. The van der Waals surface area contributed by atoms with Gasteiger partial charge in [-0.2, -0.15) is 0 Å². The zero-order chi connectivity index (χ0) is 21.1. The first-order chi connectivity index (χ1) is 13.2. The van der Waals surface area contributed by atoms with Gasteiger partial charge < -0.3 is 20.3 Å².